The van der Waals surface area contributed by atoms with Gasteiger partial charge in [-0.2, -0.15) is 4.31 Å². The van der Waals surface area contributed by atoms with Crippen molar-refractivity contribution in [3.05, 3.63) is 48.5 Å². The summed E-state index contributed by atoms with van der Waals surface area (Å²) in [6, 6.07) is 12.8. The lowest BCUT2D eigenvalue weighted by Crippen LogP contribution is -2.30. The molecular formula is C18H22N2O5S. The van der Waals surface area contributed by atoms with Crippen LogP contribution in [0.25, 0.3) is 0 Å². The molecule has 2 aromatic rings. The molecule has 0 aliphatic heterocycles. The molecule has 0 saturated carbocycles. The van der Waals surface area contributed by atoms with Crippen LogP contribution in [0.5, 0.6) is 11.5 Å². The third-order valence-electron chi connectivity index (χ3n) is 3.70. The predicted molar refractivity (Wildman–Crippen MR) is 99.2 cm³/mol. The third-order valence-corrected chi connectivity index (χ3v) is 5.75. The molecule has 0 heterocycles. The molecule has 0 aliphatic carbocycles. The van der Waals surface area contributed by atoms with Gasteiger partial charge >= 0.3 is 6.09 Å². The Bertz CT molecular complexity index is 849. The van der Waals surface area contributed by atoms with Gasteiger partial charge in [0.2, 0.25) is 10.0 Å². The summed E-state index contributed by atoms with van der Waals surface area (Å²) in [7, 11) is -2.23. The Morgan fingerprint density at radius 2 is 1.73 bits per heavy atom. The summed E-state index contributed by atoms with van der Waals surface area (Å²) >= 11 is 0. The summed E-state index contributed by atoms with van der Waals surface area (Å²) in [5, 5.41) is 2.53. The van der Waals surface area contributed by atoms with Gasteiger partial charge in [0.15, 0.2) is 0 Å². The number of para-hydroxylation sites is 1. The number of hydrogen-bond donors (Lipinski definition) is 1. The van der Waals surface area contributed by atoms with Gasteiger partial charge in [-0.05, 0) is 30.3 Å². The second-order valence-electron chi connectivity index (χ2n) is 5.28. The number of nitrogens with one attached hydrogen (secondary N) is 1. The van der Waals surface area contributed by atoms with Crippen LogP contribution in [-0.4, -0.2) is 39.0 Å². The minimum atomic E-state index is -3.66. The van der Waals surface area contributed by atoms with E-state index in [4.69, 9.17) is 9.47 Å². The summed E-state index contributed by atoms with van der Waals surface area (Å²) in [4.78, 5) is 12.2. The average molecular weight is 378 g/mol. The van der Waals surface area contributed by atoms with Gasteiger partial charge in [0.1, 0.15) is 11.5 Å². The van der Waals surface area contributed by atoms with Gasteiger partial charge in [-0.1, -0.05) is 32.0 Å². The van der Waals surface area contributed by atoms with Crippen LogP contribution in [0.3, 0.4) is 0 Å². The Balaban J connectivity index is 2.28. The van der Waals surface area contributed by atoms with E-state index in [1.807, 2.05) is 0 Å². The molecule has 1 amide bonds. The smallest absolute Gasteiger partial charge is 0.417 e. The van der Waals surface area contributed by atoms with Crippen molar-refractivity contribution in [1.82, 2.24) is 4.31 Å². The summed E-state index contributed by atoms with van der Waals surface area (Å²) in [6.07, 6.45) is -0.744. The Morgan fingerprint density at radius 1 is 1.08 bits per heavy atom. The third kappa shape index (κ3) is 4.53. The van der Waals surface area contributed by atoms with Crippen LogP contribution in [0.4, 0.5) is 10.5 Å². The van der Waals surface area contributed by atoms with E-state index in [1.165, 1.54) is 29.6 Å². The molecule has 8 heteroatoms. The second kappa shape index (κ2) is 8.68. The number of benzene rings is 2. The highest BCUT2D eigenvalue weighted by Gasteiger charge is 2.23. The first kappa shape index (κ1) is 19.7. The van der Waals surface area contributed by atoms with Gasteiger partial charge in [-0.3, -0.25) is 5.32 Å². The number of carbonyl (C=O) groups is 1. The van der Waals surface area contributed by atoms with Crippen LogP contribution in [0, 0.1) is 0 Å². The summed E-state index contributed by atoms with van der Waals surface area (Å²) in [5.41, 5.74) is 0.210. The summed E-state index contributed by atoms with van der Waals surface area (Å²) < 4.78 is 37.0. The largest absolute Gasteiger partial charge is 0.495 e. The van der Waals surface area contributed by atoms with E-state index >= 15 is 0 Å². The van der Waals surface area contributed by atoms with Crippen molar-refractivity contribution in [2.24, 2.45) is 0 Å². The van der Waals surface area contributed by atoms with Crippen molar-refractivity contribution in [1.29, 1.82) is 0 Å². The first-order valence-corrected chi connectivity index (χ1v) is 9.58. The Kier molecular flexibility index (Phi) is 6.59. The quantitative estimate of drug-likeness (QED) is 0.799. The number of carbonyl (C=O) groups excluding carboxylic acids is 1. The first-order chi connectivity index (χ1) is 12.4. The molecule has 2 aromatic carbocycles. The molecule has 0 aliphatic rings. The highest BCUT2D eigenvalue weighted by Crippen LogP contribution is 2.29. The molecule has 0 fully saturated rings. The molecule has 0 radical (unpaired) electrons. The second-order valence-corrected chi connectivity index (χ2v) is 7.22. The highest BCUT2D eigenvalue weighted by molar-refractivity contribution is 7.89. The van der Waals surface area contributed by atoms with E-state index in [0.29, 0.717) is 24.6 Å². The lowest BCUT2D eigenvalue weighted by atomic mass is 10.3. The van der Waals surface area contributed by atoms with Crippen LogP contribution in [0.15, 0.2) is 53.4 Å². The minimum absolute atomic E-state index is 0.0667. The van der Waals surface area contributed by atoms with Gasteiger partial charge in [-0.15, -0.1) is 0 Å². The van der Waals surface area contributed by atoms with E-state index in [-0.39, 0.29) is 10.6 Å². The number of rotatable bonds is 7. The van der Waals surface area contributed by atoms with E-state index in [2.05, 4.69) is 5.32 Å². The fourth-order valence-corrected chi connectivity index (χ4v) is 3.87. The van der Waals surface area contributed by atoms with Crippen molar-refractivity contribution in [2.45, 2.75) is 18.7 Å². The molecule has 0 unspecified atom stereocenters. The first-order valence-electron chi connectivity index (χ1n) is 8.14. The SMILES string of the molecule is CCN(CC)S(=O)(=O)c1ccc(OC)c(NC(=O)Oc2ccccc2)c1. The van der Waals surface area contributed by atoms with Crippen LogP contribution >= 0.6 is 0 Å². The van der Waals surface area contributed by atoms with E-state index in [0.717, 1.165) is 0 Å². The molecule has 0 bridgehead atoms. The van der Waals surface area contributed by atoms with Crippen LogP contribution in [-0.2, 0) is 10.0 Å². The molecule has 26 heavy (non-hydrogen) atoms. The fraction of sp³-hybridized carbons (Fsp3) is 0.278. The number of sulfonamides is 1. The van der Waals surface area contributed by atoms with Crippen molar-refractivity contribution in [3.63, 3.8) is 0 Å². The molecule has 2 rings (SSSR count). The number of methoxy groups -OCH3 is 1. The van der Waals surface area contributed by atoms with E-state index < -0.39 is 16.1 Å². The summed E-state index contributed by atoms with van der Waals surface area (Å²) in [5.74, 6) is 0.699. The van der Waals surface area contributed by atoms with Crippen molar-refractivity contribution in [2.75, 3.05) is 25.5 Å². The number of nitrogens with zero attached hydrogens (tertiary/aromatic N) is 1. The lowest BCUT2D eigenvalue weighted by molar-refractivity contribution is 0.215. The van der Waals surface area contributed by atoms with Gasteiger partial charge in [-0.25, -0.2) is 13.2 Å². The predicted octanol–water partition coefficient (Wildman–Crippen LogP) is 3.34. The number of ether oxygens (including phenoxy) is 2. The Morgan fingerprint density at radius 3 is 2.31 bits per heavy atom. The van der Waals surface area contributed by atoms with Gasteiger partial charge < -0.3 is 9.47 Å². The Labute approximate surface area is 153 Å². The normalized spacial score (nSPS) is 11.2. The molecule has 1 N–H and O–H groups in total. The standard InChI is InChI=1S/C18H22N2O5S/c1-4-20(5-2)26(22,23)15-11-12-17(24-3)16(13-15)19-18(21)25-14-9-7-6-8-10-14/h6-13H,4-5H2,1-3H3,(H,19,21). The molecule has 140 valence electrons. The summed E-state index contributed by atoms with van der Waals surface area (Å²) in [6.45, 7) is 4.23. The molecule has 7 nitrogen and oxygen atoms in total. The van der Waals surface area contributed by atoms with Crippen molar-refractivity contribution < 1.29 is 22.7 Å². The van der Waals surface area contributed by atoms with Gasteiger partial charge in [0.05, 0.1) is 17.7 Å². The van der Waals surface area contributed by atoms with Crippen LogP contribution < -0.4 is 14.8 Å². The van der Waals surface area contributed by atoms with Gasteiger partial charge in [0, 0.05) is 13.1 Å². The lowest BCUT2D eigenvalue weighted by Gasteiger charge is -2.19. The zero-order valence-electron chi connectivity index (χ0n) is 14.9. The molecular weight excluding hydrogens is 356 g/mol. The minimum Gasteiger partial charge on any atom is -0.495 e. The Hall–Kier alpha value is -2.58. The molecule has 0 aromatic heterocycles. The van der Waals surface area contributed by atoms with Gasteiger partial charge in [0.25, 0.3) is 0 Å². The maximum Gasteiger partial charge on any atom is 0.417 e. The molecule has 0 saturated heterocycles. The molecule has 0 spiro atoms. The zero-order chi connectivity index (χ0) is 19.2. The number of anilines is 1. The maximum absolute atomic E-state index is 12.7. The zero-order valence-corrected chi connectivity index (χ0v) is 15.7. The average Bonchev–Trinajstić information content (AvgIpc) is 2.63. The topological polar surface area (TPSA) is 84.9 Å². The number of amides is 1. The highest BCUT2D eigenvalue weighted by atomic mass is 32.2. The van der Waals surface area contributed by atoms with Crippen LogP contribution in [0.1, 0.15) is 13.8 Å². The van der Waals surface area contributed by atoms with Crippen molar-refractivity contribution in [3.8, 4) is 11.5 Å². The fourth-order valence-electron chi connectivity index (χ4n) is 2.39. The molecule has 0 atom stereocenters. The maximum atomic E-state index is 12.7. The van der Waals surface area contributed by atoms with Crippen LogP contribution in [0.2, 0.25) is 0 Å². The van der Waals surface area contributed by atoms with E-state index in [1.54, 1.807) is 44.2 Å². The monoisotopic (exact) mass is 378 g/mol. The van der Waals surface area contributed by atoms with E-state index in [9.17, 15) is 13.2 Å². The number of hydrogen-bond acceptors (Lipinski definition) is 5. The van der Waals surface area contributed by atoms with Crippen molar-refractivity contribution >= 4 is 21.8 Å².